The summed E-state index contributed by atoms with van der Waals surface area (Å²) in [6, 6.07) is 4.60. The zero-order valence-corrected chi connectivity index (χ0v) is 13.9. The van der Waals surface area contributed by atoms with Crippen molar-refractivity contribution in [3.8, 4) is 0 Å². The molecule has 1 fully saturated rings. The Morgan fingerprint density at radius 3 is 2.76 bits per heavy atom. The predicted octanol–water partition coefficient (Wildman–Crippen LogP) is 3.28. The highest BCUT2D eigenvalue weighted by atomic mass is 19.4. The third-order valence-electron chi connectivity index (χ3n) is 4.15. The normalized spacial score (nSPS) is 19.0. The summed E-state index contributed by atoms with van der Waals surface area (Å²) in [6.45, 7) is 4.20. The number of nitrogens with one attached hydrogen (secondary N) is 1. The molecule has 2 aromatic rings. The SMILES string of the molecule is Cc1ccnc(NC2CCCN(Cc3ccc(C(F)(F)F)nc3)C2)n1. The van der Waals surface area contributed by atoms with E-state index in [0.29, 0.717) is 12.5 Å². The van der Waals surface area contributed by atoms with Gasteiger partial charge in [-0.05, 0) is 44.0 Å². The fourth-order valence-corrected chi connectivity index (χ4v) is 2.96. The van der Waals surface area contributed by atoms with Gasteiger partial charge < -0.3 is 5.32 Å². The lowest BCUT2D eigenvalue weighted by molar-refractivity contribution is -0.141. The zero-order valence-electron chi connectivity index (χ0n) is 13.9. The summed E-state index contributed by atoms with van der Waals surface area (Å²) in [7, 11) is 0. The summed E-state index contributed by atoms with van der Waals surface area (Å²) in [4.78, 5) is 14.3. The van der Waals surface area contributed by atoms with Crippen LogP contribution in [0.4, 0.5) is 19.1 Å². The molecule has 0 bridgehead atoms. The topological polar surface area (TPSA) is 53.9 Å². The number of rotatable bonds is 4. The summed E-state index contributed by atoms with van der Waals surface area (Å²) in [5.41, 5.74) is 0.826. The number of likely N-dealkylation sites (tertiary alicyclic amines) is 1. The minimum atomic E-state index is -4.40. The van der Waals surface area contributed by atoms with Crippen LogP contribution in [0.2, 0.25) is 0 Å². The molecule has 0 amide bonds. The van der Waals surface area contributed by atoms with E-state index in [0.717, 1.165) is 43.3 Å². The van der Waals surface area contributed by atoms with Crippen molar-refractivity contribution >= 4 is 5.95 Å². The van der Waals surface area contributed by atoms with Gasteiger partial charge in [0.2, 0.25) is 5.95 Å². The predicted molar refractivity (Wildman–Crippen MR) is 87.9 cm³/mol. The molecule has 5 nitrogen and oxygen atoms in total. The Kier molecular flexibility index (Phi) is 5.17. The number of hydrogen-bond donors (Lipinski definition) is 1. The smallest absolute Gasteiger partial charge is 0.350 e. The lowest BCUT2D eigenvalue weighted by Gasteiger charge is -2.33. The van der Waals surface area contributed by atoms with Crippen molar-refractivity contribution in [3.05, 3.63) is 47.5 Å². The fraction of sp³-hybridized carbons (Fsp3) is 0.471. The molecule has 0 aliphatic carbocycles. The Balaban J connectivity index is 1.58. The molecule has 25 heavy (non-hydrogen) atoms. The van der Waals surface area contributed by atoms with E-state index in [1.165, 1.54) is 12.3 Å². The van der Waals surface area contributed by atoms with Crippen LogP contribution in [0.25, 0.3) is 0 Å². The van der Waals surface area contributed by atoms with Crippen molar-refractivity contribution in [1.82, 2.24) is 19.9 Å². The molecule has 1 aliphatic heterocycles. The highest BCUT2D eigenvalue weighted by molar-refractivity contribution is 5.27. The minimum absolute atomic E-state index is 0.220. The van der Waals surface area contributed by atoms with Crippen molar-refractivity contribution in [2.45, 2.75) is 38.5 Å². The first-order valence-corrected chi connectivity index (χ1v) is 8.21. The second-order valence-electron chi connectivity index (χ2n) is 6.29. The molecule has 1 unspecified atom stereocenters. The number of pyridine rings is 1. The minimum Gasteiger partial charge on any atom is -0.350 e. The van der Waals surface area contributed by atoms with E-state index >= 15 is 0 Å². The Hall–Kier alpha value is -2.22. The molecule has 0 radical (unpaired) electrons. The third kappa shape index (κ3) is 4.88. The molecule has 8 heteroatoms. The average Bonchev–Trinajstić information content (AvgIpc) is 2.55. The molecule has 2 aromatic heterocycles. The Bertz CT molecular complexity index is 702. The molecule has 0 saturated carbocycles. The van der Waals surface area contributed by atoms with Crippen molar-refractivity contribution < 1.29 is 13.2 Å². The maximum atomic E-state index is 12.6. The van der Waals surface area contributed by atoms with Crippen LogP contribution in [0.5, 0.6) is 0 Å². The molecule has 1 saturated heterocycles. The van der Waals surface area contributed by atoms with E-state index in [9.17, 15) is 13.2 Å². The number of halogens is 3. The van der Waals surface area contributed by atoms with Gasteiger partial charge in [0.25, 0.3) is 0 Å². The fourth-order valence-electron chi connectivity index (χ4n) is 2.96. The van der Waals surface area contributed by atoms with E-state index in [4.69, 9.17) is 0 Å². The van der Waals surface area contributed by atoms with Gasteiger partial charge in [0, 0.05) is 37.2 Å². The first kappa shape index (κ1) is 17.6. The van der Waals surface area contributed by atoms with E-state index in [2.05, 4.69) is 25.2 Å². The lowest BCUT2D eigenvalue weighted by Crippen LogP contribution is -2.41. The van der Waals surface area contributed by atoms with Gasteiger partial charge in [-0.2, -0.15) is 13.2 Å². The van der Waals surface area contributed by atoms with Gasteiger partial charge in [0.15, 0.2) is 0 Å². The maximum Gasteiger partial charge on any atom is 0.433 e. The highest BCUT2D eigenvalue weighted by Crippen LogP contribution is 2.27. The van der Waals surface area contributed by atoms with Crippen LogP contribution in [0, 0.1) is 6.92 Å². The highest BCUT2D eigenvalue weighted by Gasteiger charge is 2.32. The quantitative estimate of drug-likeness (QED) is 0.916. The van der Waals surface area contributed by atoms with Crippen LogP contribution in [-0.2, 0) is 12.7 Å². The molecule has 3 heterocycles. The van der Waals surface area contributed by atoms with Crippen LogP contribution in [0.3, 0.4) is 0 Å². The number of piperidine rings is 1. The van der Waals surface area contributed by atoms with Crippen molar-refractivity contribution in [1.29, 1.82) is 0 Å². The first-order chi connectivity index (χ1) is 11.9. The van der Waals surface area contributed by atoms with Crippen LogP contribution < -0.4 is 5.32 Å². The number of aromatic nitrogens is 3. The second kappa shape index (κ2) is 7.35. The molecule has 1 atom stereocenters. The summed E-state index contributed by atoms with van der Waals surface area (Å²) in [6.07, 6.45) is 0.658. The van der Waals surface area contributed by atoms with Gasteiger partial charge in [-0.1, -0.05) is 6.07 Å². The molecular weight excluding hydrogens is 331 g/mol. The standard InChI is InChI=1S/C17H20F3N5/c1-12-6-7-21-16(23-12)24-14-3-2-8-25(11-14)10-13-4-5-15(22-9-13)17(18,19)20/h4-7,9,14H,2-3,8,10-11H2,1H3,(H,21,23,24). The second-order valence-corrected chi connectivity index (χ2v) is 6.29. The molecule has 3 rings (SSSR count). The first-order valence-electron chi connectivity index (χ1n) is 8.21. The zero-order chi connectivity index (χ0) is 17.9. The van der Waals surface area contributed by atoms with Crippen LogP contribution in [-0.4, -0.2) is 39.0 Å². The van der Waals surface area contributed by atoms with Crippen LogP contribution in [0.1, 0.15) is 29.8 Å². The lowest BCUT2D eigenvalue weighted by atomic mass is 10.1. The molecule has 1 aliphatic rings. The van der Waals surface area contributed by atoms with Gasteiger partial charge in [-0.25, -0.2) is 9.97 Å². The van der Waals surface area contributed by atoms with E-state index in [-0.39, 0.29) is 6.04 Å². The van der Waals surface area contributed by atoms with Crippen molar-refractivity contribution in [2.24, 2.45) is 0 Å². The molecule has 134 valence electrons. The number of nitrogens with zero attached hydrogens (tertiary/aromatic N) is 4. The largest absolute Gasteiger partial charge is 0.433 e. The third-order valence-corrected chi connectivity index (χ3v) is 4.15. The van der Waals surface area contributed by atoms with Crippen LogP contribution >= 0.6 is 0 Å². The average molecular weight is 351 g/mol. The van der Waals surface area contributed by atoms with E-state index < -0.39 is 11.9 Å². The number of anilines is 1. The molecule has 0 spiro atoms. The number of hydrogen-bond acceptors (Lipinski definition) is 5. The van der Waals surface area contributed by atoms with Gasteiger partial charge in [0.1, 0.15) is 5.69 Å². The van der Waals surface area contributed by atoms with Gasteiger partial charge >= 0.3 is 6.18 Å². The van der Waals surface area contributed by atoms with E-state index in [1.54, 1.807) is 6.20 Å². The molecule has 1 N–H and O–H groups in total. The Labute approximate surface area is 144 Å². The van der Waals surface area contributed by atoms with Crippen molar-refractivity contribution in [3.63, 3.8) is 0 Å². The van der Waals surface area contributed by atoms with E-state index in [1.807, 2.05) is 13.0 Å². The number of alkyl halides is 3. The summed E-state index contributed by atoms with van der Waals surface area (Å²) in [5.74, 6) is 0.614. The summed E-state index contributed by atoms with van der Waals surface area (Å²) in [5, 5.41) is 3.34. The van der Waals surface area contributed by atoms with Gasteiger partial charge in [-0.3, -0.25) is 9.88 Å². The Morgan fingerprint density at radius 2 is 2.08 bits per heavy atom. The monoisotopic (exact) mass is 351 g/mol. The van der Waals surface area contributed by atoms with Gasteiger partial charge in [0.05, 0.1) is 0 Å². The molecular formula is C17H20F3N5. The van der Waals surface area contributed by atoms with Crippen LogP contribution in [0.15, 0.2) is 30.6 Å². The summed E-state index contributed by atoms with van der Waals surface area (Å²) < 4.78 is 37.7. The summed E-state index contributed by atoms with van der Waals surface area (Å²) >= 11 is 0. The number of aryl methyl sites for hydroxylation is 1. The van der Waals surface area contributed by atoms with Crippen molar-refractivity contribution in [2.75, 3.05) is 18.4 Å². The van der Waals surface area contributed by atoms with Gasteiger partial charge in [-0.15, -0.1) is 0 Å². The maximum absolute atomic E-state index is 12.6. The molecule has 0 aromatic carbocycles. The Morgan fingerprint density at radius 1 is 1.24 bits per heavy atom.